The maximum atomic E-state index is 11.9. The predicted octanol–water partition coefficient (Wildman–Crippen LogP) is -0.356. The molecule has 0 amide bonds. The Morgan fingerprint density at radius 1 is 1.33 bits per heavy atom. The zero-order valence-corrected chi connectivity index (χ0v) is 12.1. The molecule has 1 aliphatic heterocycles. The van der Waals surface area contributed by atoms with Crippen LogP contribution in [0.5, 0.6) is 0 Å². The maximum Gasteiger partial charge on any atom is 0.214 e. The van der Waals surface area contributed by atoms with Gasteiger partial charge in [0.15, 0.2) is 0 Å². The van der Waals surface area contributed by atoms with Crippen LogP contribution in [-0.2, 0) is 19.9 Å². The number of nitrogens with one attached hydrogen (secondary N) is 1. The van der Waals surface area contributed by atoms with E-state index in [4.69, 9.17) is 0 Å². The lowest BCUT2D eigenvalue weighted by molar-refractivity contribution is 0.167. The van der Waals surface area contributed by atoms with Crippen molar-refractivity contribution in [2.45, 2.75) is 44.0 Å². The van der Waals surface area contributed by atoms with Crippen LogP contribution in [0.1, 0.15) is 32.6 Å². The minimum atomic E-state index is -3.52. The molecule has 0 aliphatic carbocycles. The van der Waals surface area contributed by atoms with Crippen molar-refractivity contribution < 1.29 is 21.9 Å². The highest BCUT2D eigenvalue weighted by atomic mass is 32.2. The largest absolute Gasteiger partial charge is 0.392 e. The van der Waals surface area contributed by atoms with Crippen LogP contribution in [0.25, 0.3) is 0 Å². The second-order valence-corrected chi connectivity index (χ2v) is 9.04. The number of hydrogen-bond donors (Lipinski definition) is 2. The minimum absolute atomic E-state index is 0.000572. The van der Waals surface area contributed by atoms with Gasteiger partial charge < -0.3 is 5.11 Å². The highest BCUT2D eigenvalue weighted by Crippen LogP contribution is 2.18. The molecule has 1 rings (SSSR count). The molecule has 1 atom stereocenters. The van der Waals surface area contributed by atoms with Gasteiger partial charge in [0.05, 0.1) is 22.9 Å². The zero-order valence-electron chi connectivity index (χ0n) is 10.5. The van der Waals surface area contributed by atoms with Gasteiger partial charge in [-0.15, -0.1) is 0 Å². The summed E-state index contributed by atoms with van der Waals surface area (Å²) in [5, 5.41) is 8.81. The first-order valence-electron chi connectivity index (χ1n) is 6.14. The van der Waals surface area contributed by atoms with E-state index in [2.05, 4.69) is 4.72 Å². The summed E-state index contributed by atoms with van der Waals surface area (Å²) in [5.74, 6) is -0.147. The third-order valence-corrected chi connectivity index (χ3v) is 6.72. The Bertz CT molecular complexity index is 443. The van der Waals surface area contributed by atoms with E-state index in [0.717, 1.165) is 6.42 Å². The molecular weight excluding hydrogens is 278 g/mol. The first-order valence-corrected chi connectivity index (χ1v) is 9.50. The minimum Gasteiger partial charge on any atom is -0.392 e. The molecule has 1 unspecified atom stereocenters. The van der Waals surface area contributed by atoms with Crippen molar-refractivity contribution in [2.75, 3.05) is 18.1 Å². The van der Waals surface area contributed by atoms with Crippen molar-refractivity contribution in [3.63, 3.8) is 0 Å². The first-order chi connectivity index (χ1) is 8.27. The standard InChI is InChI=1S/C10H21NO5S2/c1-2-3-9(12)8-11-18(15,16)10-4-6-17(13,14)7-5-10/h9-12H,2-8H2,1H3. The van der Waals surface area contributed by atoms with Crippen molar-refractivity contribution in [3.8, 4) is 0 Å². The lowest BCUT2D eigenvalue weighted by Crippen LogP contribution is -2.42. The van der Waals surface area contributed by atoms with Crippen LogP contribution in [0.2, 0.25) is 0 Å². The molecule has 1 heterocycles. The molecule has 2 N–H and O–H groups in total. The van der Waals surface area contributed by atoms with E-state index in [1.165, 1.54) is 0 Å². The maximum absolute atomic E-state index is 11.9. The van der Waals surface area contributed by atoms with Crippen LogP contribution in [0.4, 0.5) is 0 Å². The number of sulfonamides is 1. The van der Waals surface area contributed by atoms with Crippen molar-refractivity contribution in [2.24, 2.45) is 0 Å². The van der Waals surface area contributed by atoms with Crippen LogP contribution in [0.3, 0.4) is 0 Å². The van der Waals surface area contributed by atoms with Gasteiger partial charge in [-0.2, -0.15) is 0 Å². The SMILES string of the molecule is CCCC(O)CNS(=O)(=O)C1CCS(=O)(=O)CC1. The summed E-state index contributed by atoms with van der Waals surface area (Å²) >= 11 is 0. The molecule has 18 heavy (non-hydrogen) atoms. The summed E-state index contributed by atoms with van der Waals surface area (Å²) < 4.78 is 48.6. The van der Waals surface area contributed by atoms with E-state index in [9.17, 15) is 21.9 Å². The molecule has 1 aliphatic rings. The van der Waals surface area contributed by atoms with Gasteiger partial charge in [0.2, 0.25) is 10.0 Å². The summed E-state index contributed by atoms with van der Waals surface area (Å²) in [6.07, 6.45) is 0.923. The molecule has 0 aromatic carbocycles. The molecule has 0 aromatic heterocycles. The van der Waals surface area contributed by atoms with E-state index < -0.39 is 31.2 Å². The van der Waals surface area contributed by atoms with Gasteiger partial charge in [-0.25, -0.2) is 21.6 Å². The van der Waals surface area contributed by atoms with E-state index in [1.807, 2.05) is 6.92 Å². The Morgan fingerprint density at radius 2 is 1.89 bits per heavy atom. The van der Waals surface area contributed by atoms with E-state index in [1.54, 1.807) is 0 Å². The summed E-state index contributed by atoms with van der Waals surface area (Å²) in [6, 6.07) is 0. The molecule has 0 saturated carbocycles. The molecule has 0 radical (unpaired) electrons. The fourth-order valence-corrected chi connectivity index (χ4v) is 5.25. The Hall–Kier alpha value is -0.180. The molecule has 6 nitrogen and oxygen atoms in total. The quantitative estimate of drug-likeness (QED) is 0.698. The van der Waals surface area contributed by atoms with Gasteiger partial charge in [-0.05, 0) is 19.3 Å². The highest BCUT2D eigenvalue weighted by Gasteiger charge is 2.32. The normalized spacial score (nSPS) is 22.8. The predicted molar refractivity (Wildman–Crippen MR) is 69.5 cm³/mol. The molecule has 8 heteroatoms. The van der Waals surface area contributed by atoms with Crippen molar-refractivity contribution in [1.29, 1.82) is 0 Å². The average molecular weight is 299 g/mol. The van der Waals surface area contributed by atoms with Gasteiger partial charge in [0, 0.05) is 6.54 Å². The Labute approximate surface area is 109 Å². The van der Waals surface area contributed by atoms with Gasteiger partial charge in [0.1, 0.15) is 9.84 Å². The molecule has 0 spiro atoms. The second kappa shape index (κ2) is 6.31. The fraction of sp³-hybridized carbons (Fsp3) is 1.00. The summed E-state index contributed by atoms with van der Waals surface area (Å²) in [7, 11) is -6.58. The fourth-order valence-electron chi connectivity index (χ4n) is 1.94. The Balaban J connectivity index is 2.50. The van der Waals surface area contributed by atoms with Crippen molar-refractivity contribution in [3.05, 3.63) is 0 Å². The average Bonchev–Trinajstić information content (AvgIpc) is 2.26. The number of rotatable bonds is 6. The van der Waals surface area contributed by atoms with Gasteiger partial charge in [-0.3, -0.25) is 0 Å². The molecular formula is C10H21NO5S2. The first kappa shape index (κ1) is 15.9. The summed E-state index contributed by atoms with van der Waals surface area (Å²) in [6.45, 7) is 1.91. The van der Waals surface area contributed by atoms with Crippen LogP contribution >= 0.6 is 0 Å². The van der Waals surface area contributed by atoms with Gasteiger partial charge in [0.25, 0.3) is 0 Å². The smallest absolute Gasteiger partial charge is 0.214 e. The Kier molecular flexibility index (Phi) is 5.57. The molecule has 0 bridgehead atoms. The second-order valence-electron chi connectivity index (χ2n) is 4.69. The number of aliphatic hydroxyl groups excluding tert-OH is 1. The molecule has 1 saturated heterocycles. The molecule has 0 aromatic rings. The van der Waals surface area contributed by atoms with E-state index >= 15 is 0 Å². The Morgan fingerprint density at radius 3 is 2.39 bits per heavy atom. The topological polar surface area (TPSA) is 101 Å². The monoisotopic (exact) mass is 299 g/mol. The zero-order chi connectivity index (χ0) is 13.8. The van der Waals surface area contributed by atoms with E-state index in [0.29, 0.717) is 6.42 Å². The van der Waals surface area contributed by atoms with Crippen molar-refractivity contribution >= 4 is 19.9 Å². The number of sulfone groups is 1. The van der Waals surface area contributed by atoms with Crippen LogP contribution in [-0.4, -0.2) is 51.3 Å². The third kappa shape index (κ3) is 4.83. The molecule has 108 valence electrons. The number of aliphatic hydroxyl groups is 1. The van der Waals surface area contributed by atoms with Gasteiger partial charge >= 0.3 is 0 Å². The highest BCUT2D eigenvalue weighted by molar-refractivity contribution is 7.92. The van der Waals surface area contributed by atoms with E-state index in [-0.39, 0.29) is 30.9 Å². The van der Waals surface area contributed by atoms with Crippen molar-refractivity contribution in [1.82, 2.24) is 4.72 Å². The third-order valence-electron chi connectivity index (χ3n) is 3.08. The lowest BCUT2D eigenvalue weighted by atomic mass is 10.2. The summed E-state index contributed by atoms with van der Waals surface area (Å²) in [4.78, 5) is 0. The van der Waals surface area contributed by atoms with Crippen LogP contribution in [0, 0.1) is 0 Å². The number of hydrogen-bond acceptors (Lipinski definition) is 5. The van der Waals surface area contributed by atoms with Gasteiger partial charge in [-0.1, -0.05) is 13.3 Å². The van der Waals surface area contributed by atoms with Crippen LogP contribution in [0.15, 0.2) is 0 Å². The lowest BCUT2D eigenvalue weighted by Gasteiger charge is -2.23. The summed E-state index contributed by atoms with van der Waals surface area (Å²) in [5.41, 5.74) is 0. The molecule has 1 fully saturated rings. The van der Waals surface area contributed by atoms with Crippen LogP contribution < -0.4 is 4.72 Å².